The highest BCUT2D eigenvalue weighted by Gasteiger charge is 2.29. The maximum absolute atomic E-state index is 11.7. The molecule has 1 aromatic carbocycles. The molecule has 0 unspecified atom stereocenters. The number of carboxylic acid groups (broad SMARTS) is 1. The quantitative estimate of drug-likeness (QED) is 0.795. The molecule has 2 aliphatic heterocycles. The summed E-state index contributed by atoms with van der Waals surface area (Å²) in [6, 6.07) is 9.50. The van der Waals surface area contributed by atoms with E-state index in [1.807, 2.05) is 31.3 Å². The predicted octanol–water partition coefficient (Wildman–Crippen LogP) is 2.11. The van der Waals surface area contributed by atoms with Gasteiger partial charge in [0.05, 0.1) is 29.5 Å². The van der Waals surface area contributed by atoms with E-state index >= 15 is 0 Å². The molecule has 4 rings (SSSR count). The predicted molar refractivity (Wildman–Crippen MR) is 116 cm³/mol. The van der Waals surface area contributed by atoms with Gasteiger partial charge < -0.3 is 14.9 Å². The van der Waals surface area contributed by atoms with Crippen LogP contribution in [0.5, 0.6) is 0 Å². The van der Waals surface area contributed by atoms with Gasteiger partial charge in [0, 0.05) is 39.3 Å². The van der Waals surface area contributed by atoms with Gasteiger partial charge in [-0.25, -0.2) is 18.2 Å². The van der Waals surface area contributed by atoms with Gasteiger partial charge in [-0.15, -0.1) is 0 Å². The Labute approximate surface area is 176 Å². The highest BCUT2D eigenvalue weighted by molar-refractivity contribution is 7.88. The number of aryl methyl sites for hydroxylation is 1. The molecule has 10 heteroatoms. The first-order valence-corrected chi connectivity index (χ1v) is 11.6. The van der Waals surface area contributed by atoms with Crippen LogP contribution in [0.15, 0.2) is 36.5 Å². The lowest BCUT2D eigenvalue weighted by Gasteiger charge is -2.37. The number of carbonyl (C=O) groups is 1. The van der Waals surface area contributed by atoms with Crippen molar-refractivity contribution in [3.05, 3.63) is 42.1 Å². The number of aromatic nitrogens is 1. The van der Waals surface area contributed by atoms with E-state index in [1.54, 1.807) is 6.07 Å². The number of hydrogen-bond acceptors (Lipinski definition) is 6. The van der Waals surface area contributed by atoms with Gasteiger partial charge in [-0.3, -0.25) is 4.90 Å². The second-order valence-electron chi connectivity index (χ2n) is 7.56. The maximum Gasteiger partial charge on any atom is 0.411 e. The Morgan fingerprint density at radius 2 is 1.70 bits per heavy atom. The molecular weight excluding hydrogens is 406 g/mol. The Balaban J connectivity index is 1.57. The summed E-state index contributed by atoms with van der Waals surface area (Å²) >= 11 is 0. The highest BCUT2D eigenvalue weighted by Crippen LogP contribution is 2.38. The average Bonchev–Trinajstić information content (AvgIpc) is 2.72. The lowest BCUT2D eigenvalue weighted by atomic mass is 10.1. The van der Waals surface area contributed by atoms with Crippen LogP contribution >= 0.6 is 0 Å². The van der Waals surface area contributed by atoms with Crippen LogP contribution in [0.25, 0.3) is 0 Å². The third kappa shape index (κ3) is 3.80. The number of benzene rings is 1. The number of nitrogens with zero attached hydrogens (tertiary/aromatic N) is 5. The Hall–Kier alpha value is -2.85. The molecule has 0 bridgehead atoms. The zero-order valence-corrected chi connectivity index (χ0v) is 17.8. The van der Waals surface area contributed by atoms with Crippen LogP contribution in [-0.4, -0.2) is 74.4 Å². The van der Waals surface area contributed by atoms with E-state index in [0.717, 1.165) is 22.8 Å². The molecule has 1 saturated heterocycles. The second kappa shape index (κ2) is 7.77. The van der Waals surface area contributed by atoms with Crippen molar-refractivity contribution >= 4 is 39.0 Å². The number of pyridine rings is 1. The summed E-state index contributed by atoms with van der Waals surface area (Å²) in [6.45, 7) is 5.03. The molecule has 0 saturated carbocycles. The molecule has 0 radical (unpaired) electrons. The first-order valence-electron chi connectivity index (χ1n) is 9.79. The molecule has 30 heavy (non-hydrogen) atoms. The van der Waals surface area contributed by atoms with Crippen molar-refractivity contribution in [3.63, 3.8) is 0 Å². The molecule has 1 fully saturated rings. The van der Waals surface area contributed by atoms with Crippen LogP contribution in [0, 0.1) is 6.92 Å². The number of amides is 1. The van der Waals surface area contributed by atoms with Gasteiger partial charge in [-0.2, -0.15) is 4.31 Å². The smallest absolute Gasteiger partial charge is 0.411 e. The fourth-order valence-corrected chi connectivity index (χ4v) is 4.89. The zero-order valence-electron chi connectivity index (χ0n) is 17.0. The van der Waals surface area contributed by atoms with E-state index in [0.29, 0.717) is 45.0 Å². The molecule has 1 amide bonds. The molecule has 160 valence electrons. The zero-order chi connectivity index (χ0) is 21.5. The normalized spacial score (nSPS) is 17.7. The molecule has 0 spiro atoms. The number of rotatable bonds is 3. The second-order valence-corrected chi connectivity index (χ2v) is 9.54. The first kappa shape index (κ1) is 20.4. The lowest BCUT2D eigenvalue weighted by molar-refractivity contribution is 0.201. The summed E-state index contributed by atoms with van der Waals surface area (Å²) in [5, 5.41) is 9.49. The molecular formula is C20H25N5O4S. The Morgan fingerprint density at radius 3 is 2.30 bits per heavy atom. The van der Waals surface area contributed by atoms with Gasteiger partial charge in [-0.05, 0) is 30.7 Å². The van der Waals surface area contributed by atoms with Crippen LogP contribution in [-0.2, 0) is 10.0 Å². The van der Waals surface area contributed by atoms with Crippen molar-refractivity contribution in [2.45, 2.75) is 6.92 Å². The van der Waals surface area contributed by atoms with Crippen molar-refractivity contribution in [2.75, 3.05) is 60.2 Å². The topological polar surface area (TPSA) is 97.3 Å². The highest BCUT2D eigenvalue weighted by atomic mass is 32.2. The van der Waals surface area contributed by atoms with Gasteiger partial charge in [0.25, 0.3) is 0 Å². The van der Waals surface area contributed by atoms with E-state index in [2.05, 4.69) is 15.9 Å². The van der Waals surface area contributed by atoms with Crippen molar-refractivity contribution in [1.29, 1.82) is 0 Å². The molecule has 9 nitrogen and oxygen atoms in total. The van der Waals surface area contributed by atoms with E-state index < -0.39 is 16.1 Å². The summed E-state index contributed by atoms with van der Waals surface area (Å²) < 4.78 is 24.9. The van der Waals surface area contributed by atoms with Crippen molar-refractivity contribution in [1.82, 2.24) is 9.29 Å². The maximum atomic E-state index is 11.7. The summed E-state index contributed by atoms with van der Waals surface area (Å²) in [4.78, 5) is 21.8. The van der Waals surface area contributed by atoms with E-state index in [9.17, 15) is 18.3 Å². The largest absolute Gasteiger partial charge is 0.465 e. The van der Waals surface area contributed by atoms with E-state index in [4.69, 9.17) is 4.98 Å². The van der Waals surface area contributed by atoms with Crippen LogP contribution in [0.1, 0.15) is 5.56 Å². The van der Waals surface area contributed by atoms with Crippen molar-refractivity contribution < 1.29 is 18.3 Å². The first-order chi connectivity index (χ1) is 14.3. The number of anilines is 4. The fraction of sp³-hybridized carbons (Fsp3) is 0.400. The molecule has 1 N–H and O–H groups in total. The minimum atomic E-state index is -3.16. The monoisotopic (exact) mass is 431 g/mol. The summed E-state index contributed by atoms with van der Waals surface area (Å²) in [5.74, 6) is 0.797. The van der Waals surface area contributed by atoms with Crippen LogP contribution in [0.2, 0.25) is 0 Å². The lowest BCUT2D eigenvalue weighted by Crippen LogP contribution is -2.48. The van der Waals surface area contributed by atoms with Crippen LogP contribution in [0.3, 0.4) is 0 Å². The Kier molecular flexibility index (Phi) is 5.29. The number of para-hydroxylation sites is 2. The molecule has 2 aliphatic rings. The molecule has 2 aromatic rings. The summed E-state index contributed by atoms with van der Waals surface area (Å²) in [7, 11) is -3.16. The Morgan fingerprint density at radius 1 is 1.03 bits per heavy atom. The van der Waals surface area contributed by atoms with Crippen molar-refractivity contribution in [2.24, 2.45) is 0 Å². The molecule has 3 heterocycles. The molecule has 0 aliphatic carbocycles. The third-order valence-corrected chi connectivity index (χ3v) is 6.91. The molecule has 1 aromatic heterocycles. The van der Waals surface area contributed by atoms with E-state index in [1.165, 1.54) is 15.5 Å². The number of hydrogen-bond donors (Lipinski definition) is 1. The van der Waals surface area contributed by atoms with Gasteiger partial charge in [0.2, 0.25) is 10.0 Å². The SMILES string of the molecule is Cc1cc(N2CCN(S(C)(=O)=O)CC2)cnc1N1CCN(C(=O)O)c2ccccc21. The minimum Gasteiger partial charge on any atom is -0.465 e. The van der Waals surface area contributed by atoms with Gasteiger partial charge >= 0.3 is 6.09 Å². The number of piperazine rings is 1. The van der Waals surface area contributed by atoms with E-state index in [-0.39, 0.29) is 0 Å². The third-order valence-electron chi connectivity index (χ3n) is 5.61. The summed E-state index contributed by atoms with van der Waals surface area (Å²) in [6.07, 6.45) is 2.09. The number of sulfonamides is 1. The molecule has 0 atom stereocenters. The van der Waals surface area contributed by atoms with Gasteiger partial charge in [0.1, 0.15) is 5.82 Å². The standard InChI is InChI=1S/C20H25N5O4S/c1-15-13-16(22-7-9-23(10-8-22)30(2,28)29)14-21-19(15)24-11-12-25(20(26)27)18-6-4-3-5-17(18)24/h3-6,13-14H,7-12H2,1-2H3,(H,26,27). The van der Waals surface area contributed by atoms with Gasteiger partial charge in [0.15, 0.2) is 0 Å². The van der Waals surface area contributed by atoms with Crippen LogP contribution < -0.4 is 14.7 Å². The van der Waals surface area contributed by atoms with Crippen molar-refractivity contribution in [3.8, 4) is 0 Å². The van der Waals surface area contributed by atoms with Crippen LogP contribution in [0.4, 0.5) is 27.7 Å². The Bertz CT molecular complexity index is 1070. The summed E-state index contributed by atoms with van der Waals surface area (Å²) in [5.41, 5.74) is 3.41. The minimum absolute atomic E-state index is 0.364. The fourth-order valence-electron chi connectivity index (χ4n) is 4.07. The number of fused-ring (bicyclic) bond motifs is 1. The van der Waals surface area contributed by atoms with Gasteiger partial charge in [-0.1, -0.05) is 12.1 Å². The average molecular weight is 432 g/mol.